The van der Waals surface area contributed by atoms with E-state index in [1.54, 1.807) is 25.3 Å². The first-order valence-electron chi connectivity index (χ1n) is 7.18. The Kier molecular flexibility index (Phi) is 3.88. The number of nitrogens with one attached hydrogen (secondary N) is 1. The van der Waals surface area contributed by atoms with Crippen LogP contribution in [0.3, 0.4) is 0 Å². The van der Waals surface area contributed by atoms with E-state index in [0.717, 1.165) is 17.5 Å². The number of hydrogen-bond acceptors (Lipinski definition) is 7. The van der Waals surface area contributed by atoms with Crippen molar-refractivity contribution in [2.45, 2.75) is 26.3 Å². The molecular weight excluding hydrogens is 298 g/mol. The third-order valence-corrected chi connectivity index (χ3v) is 3.58. The van der Waals surface area contributed by atoms with Gasteiger partial charge in [-0.3, -0.25) is 15.1 Å². The van der Waals surface area contributed by atoms with Gasteiger partial charge in [0.15, 0.2) is 5.82 Å². The van der Waals surface area contributed by atoms with Crippen LogP contribution in [-0.2, 0) is 0 Å². The molecule has 1 N–H and O–H groups in total. The zero-order chi connectivity index (χ0) is 16.4. The molecule has 0 saturated heterocycles. The molecule has 8 heteroatoms. The predicted octanol–water partition coefficient (Wildman–Crippen LogP) is 3.40. The molecule has 2 aromatic heterocycles. The van der Waals surface area contributed by atoms with E-state index >= 15 is 0 Å². The molecule has 118 valence electrons. The quantitative estimate of drug-likeness (QED) is 0.568. The molecule has 3 aromatic rings. The summed E-state index contributed by atoms with van der Waals surface area (Å²) >= 11 is 0. The molecule has 1 atom stereocenters. The summed E-state index contributed by atoms with van der Waals surface area (Å²) in [4.78, 5) is 19.0. The molecule has 0 aliphatic heterocycles. The molecule has 0 amide bonds. The molecule has 0 fully saturated rings. The van der Waals surface area contributed by atoms with Gasteiger partial charge in [-0.15, -0.1) is 0 Å². The summed E-state index contributed by atoms with van der Waals surface area (Å²) in [7, 11) is 0. The summed E-state index contributed by atoms with van der Waals surface area (Å²) in [6.45, 7) is 3.73. The number of non-ortho nitro benzene ring substituents is 1. The lowest BCUT2D eigenvalue weighted by Gasteiger charge is -2.16. The second-order valence-electron chi connectivity index (χ2n) is 5.09. The molecule has 0 spiro atoms. The lowest BCUT2D eigenvalue weighted by molar-refractivity contribution is -0.383. The minimum absolute atomic E-state index is 0.0297. The number of nitro groups is 1. The Labute approximate surface area is 131 Å². The molecule has 1 aromatic carbocycles. The molecule has 1 unspecified atom stereocenters. The molecule has 0 bridgehead atoms. The maximum Gasteiger partial charge on any atom is 0.278 e. The van der Waals surface area contributed by atoms with Crippen LogP contribution in [0.25, 0.3) is 10.8 Å². The average molecular weight is 313 g/mol. The second-order valence-corrected chi connectivity index (χ2v) is 5.09. The summed E-state index contributed by atoms with van der Waals surface area (Å²) in [5.74, 6) is 1.06. The largest absolute Gasteiger partial charge is 0.374 e. The number of nitrogens with zero attached hydrogens (tertiary/aromatic N) is 4. The molecule has 23 heavy (non-hydrogen) atoms. The van der Waals surface area contributed by atoms with Gasteiger partial charge in [0.1, 0.15) is 0 Å². The highest BCUT2D eigenvalue weighted by Gasteiger charge is 2.19. The lowest BCUT2D eigenvalue weighted by atomic mass is 10.1. The third-order valence-electron chi connectivity index (χ3n) is 3.58. The third kappa shape index (κ3) is 2.83. The SMILES string of the molecule is CCC(Nc1ccc([N+](=O)[O-])c2cnccc12)c1noc(C)n1. The Bertz CT molecular complexity index is 861. The smallest absolute Gasteiger partial charge is 0.278 e. The van der Waals surface area contributed by atoms with Crippen LogP contribution in [0.4, 0.5) is 11.4 Å². The standard InChI is InChI=1S/C15H15N5O3/c1-3-12(15-17-9(2)23-19-15)18-13-4-5-14(20(21)22)11-8-16-7-6-10(11)13/h4-8,12,18H,3H2,1-2H3. The Morgan fingerprint density at radius 3 is 2.83 bits per heavy atom. The van der Waals surface area contributed by atoms with E-state index < -0.39 is 4.92 Å². The zero-order valence-electron chi connectivity index (χ0n) is 12.7. The first kappa shape index (κ1) is 14.9. The highest BCUT2D eigenvalue weighted by atomic mass is 16.6. The van der Waals surface area contributed by atoms with Crippen LogP contribution in [0.15, 0.2) is 35.1 Å². The first-order chi connectivity index (χ1) is 11.1. The van der Waals surface area contributed by atoms with Gasteiger partial charge in [0, 0.05) is 36.5 Å². The fourth-order valence-corrected chi connectivity index (χ4v) is 2.45. The minimum atomic E-state index is -0.409. The molecule has 0 radical (unpaired) electrons. The van der Waals surface area contributed by atoms with Crippen molar-refractivity contribution >= 4 is 22.1 Å². The van der Waals surface area contributed by atoms with Crippen LogP contribution in [0.2, 0.25) is 0 Å². The van der Waals surface area contributed by atoms with Crippen molar-refractivity contribution in [1.29, 1.82) is 0 Å². The molecule has 0 saturated carbocycles. The monoisotopic (exact) mass is 313 g/mol. The van der Waals surface area contributed by atoms with Crippen molar-refractivity contribution < 1.29 is 9.45 Å². The zero-order valence-corrected chi connectivity index (χ0v) is 12.7. The van der Waals surface area contributed by atoms with E-state index in [-0.39, 0.29) is 11.7 Å². The first-order valence-corrected chi connectivity index (χ1v) is 7.18. The maximum atomic E-state index is 11.2. The summed E-state index contributed by atoms with van der Waals surface area (Å²) < 4.78 is 5.02. The van der Waals surface area contributed by atoms with Gasteiger partial charge in [-0.05, 0) is 18.6 Å². The number of aryl methyl sites for hydroxylation is 1. The molecule has 0 aliphatic rings. The van der Waals surface area contributed by atoms with Gasteiger partial charge in [-0.1, -0.05) is 12.1 Å². The van der Waals surface area contributed by atoms with Gasteiger partial charge in [-0.25, -0.2) is 0 Å². The summed E-state index contributed by atoms with van der Waals surface area (Å²) in [6.07, 6.45) is 3.84. The van der Waals surface area contributed by atoms with Crippen molar-refractivity contribution in [3.63, 3.8) is 0 Å². The highest BCUT2D eigenvalue weighted by Crippen LogP contribution is 2.32. The van der Waals surface area contributed by atoms with Gasteiger partial charge in [-0.2, -0.15) is 4.98 Å². The number of nitro benzene ring substituents is 1. The van der Waals surface area contributed by atoms with Crippen LogP contribution in [-0.4, -0.2) is 20.0 Å². The Balaban J connectivity index is 2.03. The van der Waals surface area contributed by atoms with Crippen LogP contribution in [0.5, 0.6) is 0 Å². The van der Waals surface area contributed by atoms with E-state index in [1.165, 1.54) is 12.3 Å². The minimum Gasteiger partial charge on any atom is -0.374 e. The fourth-order valence-electron chi connectivity index (χ4n) is 2.45. The van der Waals surface area contributed by atoms with Gasteiger partial charge < -0.3 is 9.84 Å². The Morgan fingerprint density at radius 1 is 1.35 bits per heavy atom. The van der Waals surface area contributed by atoms with E-state index in [2.05, 4.69) is 20.4 Å². The van der Waals surface area contributed by atoms with E-state index in [1.807, 2.05) is 6.92 Å². The van der Waals surface area contributed by atoms with Gasteiger partial charge in [0.2, 0.25) is 5.89 Å². The number of aromatic nitrogens is 3. The number of fused-ring (bicyclic) bond motifs is 1. The van der Waals surface area contributed by atoms with Crippen molar-refractivity contribution in [1.82, 2.24) is 15.1 Å². The predicted molar refractivity (Wildman–Crippen MR) is 84.1 cm³/mol. The second kappa shape index (κ2) is 5.99. The number of anilines is 1. The molecule has 2 heterocycles. The fraction of sp³-hybridized carbons (Fsp3) is 0.267. The summed E-state index contributed by atoms with van der Waals surface area (Å²) in [6, 6.07) is 4.76. The molecule has 0 aliphatic carbocycles. The van der Waals surface area contributed by atoms with E-state index in [9.17, 15) is 10.1 Å². The van der Waals surface area contributed by atoms with E-state index in [4.69, 9.17) is 4.52 Å². The molecular formula is C15H15N5O3. The topological polar surface area (TPSA) is 107 Å². The van der Waals surface area contributed by atoms with Crippen LogP contribution in [0, 0.1) is 17.0 Å². The maximum absolute atomic E-state index is 11.2. The van der Waals surface area contributed by atoms with Gasteiger partial charge >= 0.3 is 0 Å². The molecule has 8 nitrogen and oxygen atoms in total. The molecule has 3 rings (SSSR count). The van der Waals surface area contributed by atoms with Crippen molar-refractivity contribution in [2.75, 3.05) is 5.32 Å². The van der Waals surface area contributed by atoms with Crippen LogP contribution in [0.1, 0.15) is 31.1 Å². The van der Waals surface area contributed by atoms with Crippen molar-refractivity contribution in [2.24, 2.45) is 0 Å². The van der Waals surface area contributed by atoms with E-state index in [0.29, 0.717) is 17.1 Å². The van der Waals surface area contributed by atoms with Crippen LogP contribution >= 0.6 is 0 Å². The normalized spacial score (nSPS) is 12.3. The van der Waals surface area contributed by atoms with Crippen molar-refractivity contribution in [3.8, 4) is 0 Å². The summed E-state index contributed by atoms with van der Waals surface area (Å²) in [5, 5.41) is 19.6. The average Bonchev–Trinajstić information content (AvgIpc) is 2.98. The lowest BCUT2D eigenvalue weighted by Crippen LogP contribution is -2.12. The number of hydrogen-bond donors (Lipinski definition) is 1. The van der Waals surface area contributed by atoms with Gasteiger partial charge in [0.05, 0.1) is 16.4 Å². The highest BCUT2D eigenvalue weighted by molar-refractivity contribution is 5.99. The van der Waals surface area contributed by atoms with Crippen molar-refractivity contribution in [3.05, 3.63) is 52.4 Å². The van der Waals surface area contributed by atoms with Crippen LogP contribution < -0.4 is 5.32 Å². The Hall–Kier alpha value is -3.03. The van der Waals surface area contributed by atoms with Gasteiger partial charge in [0.25, 0.3) is 5.69 Å². The summed E-state index contributed by atoms with van der Waals surface area (Å²) in [5.41, 5.74) is 0.796. The number of pyridine rings is 1. The number of rotatable bonds is 5. The number of benzene rings is 1. The Morgan fingerprint density at radius 2 is 2.17 bits per heavy atom.